The van der Waals surface area contributed by atoms with Crippen molar-refractivity contribution in [2.45, 2.75) is 6.42 Å². The van der Waals surface area contributed by atoms with E-state index in [9.17, 15) is 4.79 Å². The van der Waals surface area contributed by atoms with Crippen LogP contribution in [0.2, 0.25) is 0 Å². The molecule has 72 valence electrons. The van der Waals surface area contributed by atoms with Crippen molar-refractivity contribution in [3.05, 3.63) is 34.7 Å². The molecular formula is C9H7BrN2O2. The Bertz CT molecular complexity index is 493. The van der Waals surface area contributed by atoms with Crippen LogP contribution < -0.4 is 0 Å². The average molecular weight is 255 g/mol. The lowest BCUT2D eigenvalue weighted by Crippen LogP contribution is -1.99. The summed E-state index contributed by atoms with van der Waals surface area (Å²) in [6.07, 6.45) is 1.67. The van der Waals surface area contributed by atoms with Crippen molar-refractivity contribution in [2.24, 2.45) is 0 Å². The topological polar surface area (TPSA) is 54.6 Å². The lowest BCUT2D eigenvalue weighted by molar-refractivity contribution is -0.136. The number of carboxylic acids is 1. The van der Waals surface area contributed by atoms with E-state index in [1.54, 1.807) is 10.6 Å². The largest absolute Gasteiger partial charge is 0.481 e. The first-order chi connectivity index (χ1) is 6.66. The van der Waals surface area contributed by atoms with E-state index < -0.39 is 5.97 Å². The molecule has 5 heteroatoms. The quantitative estimate of drug-likeness (QED) is 0.831. The van der Waals surface area contributed by atoms with Crippen molar-refractivity contribution in [1.29, 1.82) is 0 Å². The zero-order valence-corrected chi connectivity index (χ0v) is 8.73. The van der Waals surface area contributed by atoms with E-state index in [-0.39, 0.29) is 6.42 Å². The van der Waals surface area contributed by atoms with Crippen LogP contribution in [0.3, 0.4) is 0 Å². The molecule has 0 aliphatic rings. The van der Waals surface area contributed by atoms with Crippen LogP contribution in [0.15, 0.2) is 29.0 Å². The standard InChI is InChI=1S/C9H7BrN2O2/c10-7-2-1-3-8-11-6(4-9(13)14)5-12(7)8/h1-3,5H,4H2,(H,13,14). The summed E-state index contributed by atoms with van der Waals surface area (Å²) >= 11 is 3.35. The Morgan fingerprint density at radius 2 is 2.36 bits per heavy atom. The molecule has 2 aromatic rings. The van der Waals surface area contributed by atoms with E-state index in [1.165, 1.54) is 0 Å². The van der Waals surface area contributed by atoms with E-state index in [2.05, 4.69) is 20.9 Å². The molecule has 0 atom stereocenters. The second-order valence-electron chi connectivity index (χ2n) is 2.88. The van der Waals surface area contributed by atoms with Crippen molar-refractivity contribution in [2.75, 3.05) is 0 Å². The molecule has 0 bridgehead atoms. The van der Waals surface area contributed by atoms with E-state index in [1.807, 2.05) is 18.2 Å². The van der Waals surface area contributed by atoms with Gasteiger partial charge in [-0.1, -0.05) is 6.07 Å². The van der Waals surface area contributed by atoms with Crippen LogP contribution in [0.5, 0.6) is 0 Å². The van der Waals surface area contributed by atoms with Gasteiger partial charge in [0.25, 0.3) is 0 Å². The maximum absolute atomic E-state index is 10.5. The number of halogens is 1. The number of imidazole rings is 1. The minimum absolute atomic E-state index is 0.0475. The molecule has 0 unspecified atom stereocenters. The summed E-state index contributed by atoms with van der Waals surface area (Å²) in [5.74, 6) is -0.871. The van der Waals surface area contributed by atoms with Crippen LogP contribution in [0, 0.1) is 0 Å². The molecule has 4 nitrogen and oxygen atoms in total. The molecule has 2 rings (SSSR count). The predicted molar refractivity (Wildman–Crippen MR) is 54.2 cm³/mol. The molecule has 0 spiro atoms. The van der Waals surface area contributed by atoms with E-state index in [4.69, 9.17) is 5.11 Å². The highest BCUT2D eigenvalue weighted by molar-refractivity contribution is 9.10. The molecule has 0 aliphatic heterocycles. The molecule has 0 aromatic carbocycles. The summed E-state index contributed by atoms with van der Waals surface area (Å²) in [6.45, 7) is 0. The number of rotatable bonds is 2. The second-order valence-corrected chi connectivity index (χ2v) is 3.69. The fraction of sp³-hybridized carbons (Fsp3) is 0.111. The SMILES string of the molecule is O=C(O)Cc1cn2c(Br)cccc2n1. The van der Waals surface area contributed by atoms with Crippen molar-refractivity contribution < 1.29 is 9.90 Å². The molecule has 0 saturated carbocycles. The second kappa shape index (κ2) is 3.42. The van der Waals surface area contributed by atoms with Gasteiger partial charge >= 0.3 is 5.97 Å². The minimum atomic E-state index is -0.871. The van der Waals surface area contributed by atoms with Gasteiger partial charge in [-0.25, -0.2) is 4.98 Å². The Labute approximate surface area is 88.3 Å². The van der Waals surface area contributed by atoms with Gasteiger partial charge in [-0.05, 0) is 28.1 Å². The van der Waals surface area contributed by atoms with Gasteiger partial charge in [0.1, 0.15) is 5.65 Å². The lowest BCUT2D eigenvalue weighted by Gasteiger charge is -1.93. The molecule has 2 heterocycles. The Kier molecular flexibility index (Phi) is 2.25. The highest BCUT2D eigenvalue weighted by Gasteiger charge is 2.06. The first kappa shape index (κ1) is 9.21. The zero-order valence-electron chi connectivity index (χ0n) is 7.14. The highest BCUT2D eigenvalue weighted by Crippen LogP contribution is 2.14. The van der Waals surface area contributed by atoms with Crippen LogP contribution >= 0.6 is 15.9 Å². The molecule has 1 N–H and O–H groups in total. The number of carbonyl (C=O) groups is 1. The van der Waals surface area contributed by atoms with Gasteiger partial charge in [0.15, 0.2) is 0 Å². The van der Waals surface area contributed by atoms with Crippen LogP contribution in [0.25, 0.3) is 5.65 Å². The number of pyridine rings is 1. The predicted octanol–water partition coefficient (Wildman–Crippen LogP) is 1.72. The molecule has 0 aliphatic carbocycles. The van der Waals surface area contributed by atoms with E-state index in [0.717, 1.165) is 10.3 Å². The zero-order chi connectivity index (χ0) is 10.1. The molecule has 0 fully saturated rings. The van der Waals surface area contributed by atoms with Crippen molar-refractivity contribution >= 4 is 27.5 Å². The number of hydrogen-bond donors (Lipinski definition) is 1. The third-order valence-corrected chi connectivity index (χ3v) is 2.47. The number of carboxylic acid groups (broad SMARTS) is 1. The van der Waals surface area contributed by atoms with Gasteiger partial charge in [-0.3, -0.25) is 9.20 Å². The maximum Gasteiger partial charge on any atom is 0.309 e. The van der Waals surface area contributed by atoms with Crippen LogP contribution in [0.4, 0.5) is 0 Å². The number of aliphatic carboxylic acids is 1. The normalized spacial score (nSPS) is 10.6. The van der Waals surface area contributed by atoms with Gasteiger partial charge < -0.3 is 5.11 Å². The molecular weight excluding hydrogens is 248 g/mol. The Morgan fingerprint density at radius 1 is 1.57 bits per heavy atom. The Balaban J connectivity index is 2.51. The fourth-order valence-electron chi connectivity index (χ4n) is 1.27. The molecule has 0 amide bonds. The van der Waals surface area contributed by atoms with Gasteiger partial charge in [0.05, 0.1) is 16.7 Å². The molecule has 14 heavy (non-hydrogen) atoms. The summed E-state index contributed by atoms with van der Waals surface area (Å²) in [5, 5.41) is 8.60. The summed E-state index contributed by atoms with van der Waals surface area (Å²) in [4.78, 5) is 14.6. The molecule has 0 radical (unpaired) electrons. The number of fused-ring (bicyclic) bond motifs is 1. The number of nitrogens with zero attached hydrogens (tertiary/aromatic N) is 2. The van der Waals surface area contributed by atoms with Crippen LogP contribution in [-0.4, -0.2) is 20.5 Å². The summed E-state index contributed by atoms with van der Waals surface area (Å²) in [6, 6.07) is 5.56. The monoisotopic (exact) mass is 254 g/mol. The fourth-order valence-corrected chi connectivity index (χ4v) is 1.70. The third kappa shape index (κ3) is 1.63. The molecule has 0 saturated heterocycles. The lowest BCUT2D eigenvalue weighted by atomic mass is 10.3. The Hall–Kier alpha value is -1.36. The number of aromatic nitrogens is 2. The van der Waals surface area contributed by atoms with E-state index >= 15 is 0 Å². The van der Waals surface area contributed by atoms with Gasteiger partial charge in [0, 0.05) is 6.20 Å². The highest BCUT2D eigenvalue weighted by atomic mass is 79.9. The van der Waals surface area contributed by atoms with Crippen LogP contribution in [0.1, 0.15) is 5.69 Å². The van der Waals surface area contributed by atoms with E-state index in [0.29, 0.717) is 5.69 Å². The van der Waals surface area contributed by atoms with Gasteiger partial charge in [-0.15, -0.1) is 0 Å². The van der Waals surface area contributed by atoms with Crippen molar-refractivity contribution in [3.63, 3.8) is 0 Å². The third-order valence-electron chi connectivity index (χ3n) is 1.82. The maximum atomic E-state index is 10.5. The van der Waals surface area contributed by atoms with Crippen LogP contribution in [-0.2, 0) is 11.2 Å². The smallest absolute Gasteiger partial charge is 0.309 e. The first-order valence-electron chi connectivity index (χ1n) is 4.01. The molecule has 2 aromatic heterocycles. The van der Waals surface area contributed by atoms with Crippen molar-refractivity contribution in [1.82, 2.24) is 9.38 Å². The number of hydrogen-bond acceptors (Lipinski definition) is 2. The van der Waals surface area contributed by atoms with Gasteiger partial charge in [0.2, 0.25) is 0 Å². The summed E-state index contributed by atoms with van der Waals surface area (Å²) in [5.41, 5.74) is 1.31. The Morgan fingerprint density at radius 3 is 3.00 bits per heavy atom. The minimum Gasteiger partial charge on any atom is -0.481 e. The van der Waals surface area contributed by atoms with Crippen molar-refractivity contribution in [3.8, 4) is 0 Å². The van der Waals surface area contributed by atoms with Gasteiger partial charge in [-0.2, -0.15) is 0 Å². The average Bonchev–Trinajstić information content (AvgIpc) is 2.47. The summed E-state index contributed by atoms with van der Waals surface area (Å²) < 4.78 is 2.66. The summed E-state index contributed by atoms with van der Waals surface area (Å²) in [7, 11) is 0. The first-order valence-corrected chi connectivity index (χ1v) is 4.80.